The van der Waals surface area contributed by atoms with E-state index in [2.05, 4.69) is 6.07 Å². The SMILES string of the molecule is NC(=O)CC[S+]([O-])C1CCc2ccccc21. The Morgan fingerprint density at radius 2 is 2.25 bits per heavy atom. The van der Waals surface area contributed by atoms with E-state index in [1.54, 1.807) is 0 Å². The Bertz CT molecular complexity index is 394. The van der Waals surface area contributed by atoms with Crippen molar-refractivity contribution in [2.24, 2.45) is 5.73 Å². The Balaban J connectivity index is 2.04. The van der Waals surface area contributed by atoms with Crippen LogP contribution in [0.2, 0.25) is 0 Å². The molecule has 1 aromatic rings. The van der Waals surface area contributed by atoms with E-state index in [4.69, 9.17) is 5.73 Å². The van der Waals surface area contributed by atoms with Gasteiger partial charge in [0.15, 0.2) is 0 Å². The fourth-order valence-electron chi connectivity index (χ4n) is 2.13. The number of hydrogen-bond acceptors (Lipinski definition) is 2. The van der Waals surface area contributed by atoms with Crippen LogP contribution in [-0.2, 0) is 22.4 Å². The number of carbonyl (C=O) groups is 1. The van der Waals surface area contributed by atoms with Gasteiger partial charge in [-0.2, -0.15) is 0 Å². The third kappa shape index (κ3) is 2.39. The zero-order valence-corrected chi connectivity index (χ0v) is 9.83. The van der Waals surface area contributed by atoms with Crippen LogP contribution in [0.1, 0.15) is 29.2 Å². The molecular weight excluding hydrogens is 222 g/mol. The molecule has 4 heteroatoms. The van der Waals surface area contributed by atoms with Gasteiger partial charge in [-0.05, 0) is 23.2 Å². The molecule has 2 unspecified atom stereocenters. The summed E-state index contributed by atoms with van der Waals surface area (Å²) in [7, 11) is 0. The number of amides is 1. The Hall–Kier alpha value is -1.00. The number of carbonyl (C=O) groups excluding carboxylic acids is 1. The molecule has 2 N–H and O–H groups in total. The molecule has 0 radical (unpaired) electrons. The van der Waals surface area contributed by atoms with E-state index in [1.807, 2.05) is 18.2 Å². The Labute approximate surface area is 98.2 Å². The van der Waals surface area contributed by atoms with Crippen molar-refractivity contribution in [2.75, 3.05) is 5.75 Å². The van der Waals surface area contributed by atoms with E-state index in [9.17, 15) is 9.35 Å². The van der Waals surface area contributed by atoms with Crippen LogP contribution in [0.15, 0.2) is 24.3 Å². The molecular formula is C12H15NO2S. The smallest absolute Gasteiger partial charge is 0.222 e. The standard InChI is InChI=1S/C12H15NO2S/c13-12(14)7-8-16(15)11-6-5-9-3-1-2-4-10(9)11/h1-4,11H,5-8H2,(H2,13,14). The maximum absolute atomic E-state index is 12.0. The molecule has 1 aromatic carbocycles. The molecule has 0 aliphatic heterocycles. The highest BCUT2D eigenvalue weighted by Gasteiger charge is 2.31. The number of fused-ring (bicyclic) bond motifs is 1. The zero-order chi connectivity index (χ0) is 11.5. The molecule has 2 rings (SSSR count). The van der Waals surface area contributed by atoms with Crippen molar-refractivity contribution in [1.29, 1.82) is 0 Å². The Morgan fingerprint density at radius 3 is 3.00 bits per heavy atom. The second-order valence-corrected chi connectivity index (χ2v) is 5.77. The number of nitrogens with two attached hydrogens (primary N) is 1. The van der Waals surface area contributed by atoms with Crippen molar-refractivity contribution in [3.8, 4) is 0 Å². The minimum Gasteiger partial charge on any atom is -0.616 e. The molecule has 1 aliphatic carbocycles. The van der Waals surface area contributed by atoms with E-state index in [0.29, 0.717) is 5.75 Å². The maximum atomic E-state index is 12.0. The van der Waals surface area contributed by atoms with Crippen LogP contribution in [0, 0.1) is 0 Å². The van der Waals surface area contributed by atoms with Crippen LogP contribution in [0.25, 0.3) is 0 Å². The minimum absolute atomic E-state index is 0.0931. The van der Waals surface area contributed by atoms with Gasteiger partial charge in [-0.25, -0.2) is 0 Å². The van der Waals surface area contributed by atoms with Gasteiger partial charge in [-0.3, -0.25) is 4.79 Å². The van der Waals surface area contributed by atoms with Gasteiger partial charge in [-0.15, -0.1) is 0 Å². The van der Waals surface area contributed by atoms with Crippen LogP contribution < -0.4 is 5.73 Å². The highest BCUT2D eigenvalue weighted by Crippen LogP contribution is 2.37. The second kappa shape index (κ2) is 4.89. The molecule has 0 fully saturated rings. The molecule has 1 aliphatic rings. The van der Waals surface area contributed by atoms with Crippen molar-refractivity contribution >= 4 is 17.1 Å². The van der Waals surface area contributed by atoms with Gasteiger partial charge < -0.3 is 10.3 Å². The summed E-state index contributed by atoms with van der Waals surface area (Å²) in [6.45, 7) is 0. The summed E-state index contributed by atoms with van der Waals surface area (Å²) in [6, 6.07) is 8.10. The third-order valence-electron chi connectivity index (χ3n) is 2.94. The van der Waals surface area contributed by atoms with Gasteiger partial charge in [0.1, 0.15) is 11.0 Å². The lowest BCUT2D eigenvalue weighted by Gasteiger charge is -2.17. The Kier molecular flexibility index (Phi) is 3.51. The first kappa shape index (κ1) is 11.5. The van der Waals surface area contributed by atoms with Crippen molar-refractivity contribution in [2.45, 2.75) is 24.5 Å². The Morgan fingerprint density at radius 1 is 1.50 bits per heavy atom. The quantitative estimate of drug-likeness (QED) is 0.802. The fourth-order valence-corrected chi connectivity index (χ4v) is 3.72. The number of aryl methyl sites for hydroxylation is 1. The molecule has 3 nitrogen and oxygen atoms in total. The molecule has 86 valence electrons. The summed E-state index contributed by atoms with van der Waals surface area (Å²) in [5.74, 6) is 0.00793. The topological polar surface area (TPSA) is 66.2 Å². The highest BCUT2D eigenvalue weighted by atomic mass is 32.2. The number of hydrogen-bond donors (Lipinski definition) is 1. The van der Waals surface area contributed by atoms with Crippen LogP contribution in [-0.4, -0.2) is 16.2 Å². The summed E-state index contributed by atoms with van der Waals surface area (Å²) >= 11 is -0.978. The van der Waals surface area contributed by atoms with Crippen molar-refractivity contribution in [3.63, 3.8) is 0 Å². The van der Waals surface area contributed by atoms with Gasteiger partial charge >= 0.3 is 0 Å². The molecule has 0 heterocycles. The number of primary amides is 1. The van der Waals surface area contributed by atoms with Crippen LogP contribution in [0.5, 0.6) is 0 Å². The van der Waals surface area contributed by atoms with Crippen molar-refractivity contribution in [1.82, 2.24) is 0 Å². The average Bonchev–Trinajstić information content (AvgIpc) is 2.69. The largest absolute Gasteiger partial charge is 0.616 e. The lowest BCUT2D eigenvalue weighted by Crippen LogP contribution is -2.20. The first-order valence-corrected chi connectivity index (χ1v) is 6.80. The highest BCUT2D eigenvalue weighted by molar-refractivity contribution is 7.91. The molecule has 0 aromatic heterocycles. The first-order valence-electron chi connectivity index (χ1n) is 5.42. The number of rotatable bonds is 4. The summed E-state index contributed by atoms with van der Waals surface area (Å²) in [4.78, 5) is 10.7. The predicted molar refractivity (Wildman–Crippen MR) is 64.3 cm³/mol. The molecule has 0 bridgehead atoms. The monoisotopic (exact) mass is 237 g/mol. The summed E-state index contributed by atoms with van der Waals surface area (Å²) < 4.78 is 12.0. The normalized spacial score (nSPS) is 20.4. The van der Waals surface area contributed by atoms with Crippen LogP contribution in [0.4, 0.5) is 0 Å². The van der Waals surface area contributed by atoms with E-state index in [1.165, 1.54) is 11.1 Å². The summed E-state index contributed by atoms with van der Waals surface area (Å²) in [6.07, 6.45) is 2.12. The molecule has 0 spiro atoms. The lowest BCUT2D eigenvalue weighted by atomic mass is 10.1. The van der Waals surface area contributed by atoms with E-state index < -0.39 is 11.2 Å². The van der Waals surface area contributed by atoms with E-state index in [-0.39, 0.29) is 17.6 Å². The van der Waals surface area contributed by atoms with Gasteiger partial charge in [0.2, 0.25) is 5.91 Å². The van der Waals surface area contributed by atoms with Gasteiger partial charge in [0.25, 0.3) is 0 Å². The fraction of sp³-hybridized carbons (Fsp3) is 0.417. The summed E-state index contributed by atoms with van der Waals surface area (Å²) in [5.41, 5.74) is 7.54. The molecule has 16 heavy (non-hydrogen) atoms. The number of benzene rings is 1. The van der Waals surface area contributed by atoms with Gasteiger partial charge in [-0.1, -0.05) is 24.3 Å². The summed E-state index contributed by atoms with van der Waals surface area (Å²) in [5, 5.41) is 0.0931. The molecule has 0 saturated carbocycles. The minimum atomic E-state index is -0.978. The first-order chi connectivity index (χ1) is 7.68. The maximum Gasteiger partial charge on any atom is 0.222 e. The van der Waals surface area contributed by atoms with Crippen molar-refractivity contribution < 1.29 is 9.35 Å². The van der Waals surface area contributed by atoms with E-state index >= 15 is 0 Å². The van der Waals surface area contributed by atoms with Gasteiger partial charge in [0, 0.05) is 12.0 Å². The van der Waals surface area contributed by atoms with Crippen molar-refractivity contribution in [3.05, 3.63) is 35.4 Å². The third-order valence-corrected chi connectivity index (χ3v) is 4.68. The van der Waals surface area contributed by atoms with E-state index in [0.717, 1.165) is 12.8 Å². The second-order valence-electron chi connectivity index (χ2n) is 4.03. The predicted octanol–water partition coefficient (Wildman–Crippen LogP) is 1.30. The van der Waals surface area contributed by atoms with Crippen LogP contribution >= 0.6 is 0 Å². The zero-order valence-electron chi connectivity index (χ0n) is 9.02. The molecule has 1 amide bonds. The molecule has 0 saturated heterocycles. The average molecular weight is 237 g/mol. The van der Waals surface area contributed by atoms with Crippen LogP contribution in [0.3, 0.4) is 0 Å². The lowest BCUT2D eigenvalue weighted by molar-refractivity contribution is -0.117. The molecule has 2 atom stereocenters. The van der Waals surface area contributed by atoms with Gasteiger partial charge in [0.05, 0.1) is 6.42 Å².